The highest BCUT2D eigenvalue weighted by Gasteiger charge is 2.03. The molecule has 78 valence electrons. The van der Waals surface area contributed by atoms with Gasteiger partial charge >= 0.3 is 0 Å². The minimum absolute atomic E-state index is 0. The molecule has 9 heteroatoms. The fourth-order valence-corrected chi connectivity index (χ4v) is 0.640. The van der Waals surface area contributed by atoms with Crippen LogP contribution in [0.3, 0.4) is 0 Å². The molecule has 0 aromatic carbocycles. The van der Waals surface area contributed by atoms with Crippen LogP contribution in [0.2, 0.25) is 0 Å². The highest BCUT2D eigenvalue weighted by molar-refractivity contribution is 5.85. The van der Waals surface area contributed by atoms with E-state index >= 15 is 0 Å². The zero-order chi connectivity index (χ0) is 8.10. The number of anilines is 1. The number of H-pyrrole nitrogens is 1. The quantitative estimate of drug-likeness (QED) is 0.455. The summed E-state index contributed by atoms with van der Waals surface area (Å²) in [7, 11) is 0. The largest absolute Gasteiger partial charge is 0.330 e. The molecule has 0 unspecified atom stereocenters. The Morgan fingerprint density at radius 3 is 2.54 bits per heavy atom. The van der Waals surface area contributed by atoms with Crippen LogP contribution in [0.1, 0.15) is 6.42 Å². The van der Waals surface area contributed by atoms with Gasteiger partial charge in [0.2, 0.25) is 0 Å². The number of aromatic nitrogens is 4. The topological polar surface area (TPSA) is 110 Å². The maximum Gasteiger partial charge on any atom is 0.279 e. The number of nitrogens with two attached hydrogens (primary N) is 2. The molecular weight excluding hydrogens is 217 g/mol. The van der Waals surface area contributed by atoms with Crippen molar-refractivity contribution in [3.05, 3.63) is 0 Å². The van der Waals surface area contributed by atoms with E-state index in [1.54, 1.807) is 0 Å². The van der Waals surface area contributed by atoms with Gasteiger partial charge in [0, 0.05) is 6.54 Å². The lowest BCUT2D eigenvalue weighted by Gasteiger charge is -2.11. The Kier molecular flexibility index (Phi) is 9.14. The average molecular weight is 230 g/mol. The molecule has 13 heavy (non-hydrogen) atoms. The second kappa shape index (κ2) is 7.99. The second-order valence-electron chi connectivity index (χ2n) is 2.05. The van der Waals surface area contributed by atoms with Gasteiger partial charge < -0.3 is 5.73 Å². The number of nitrogens with one attached hydrogen (secondary N) is 1. The van der Waals surface area contributed by atoms with E-state index in [1.165, 1.54) is 5.01 Å². The first kappa shape index (κ1) is 14.9. The molecule has 5 N–H and O–H groups in total. The monoisotopic (exact) mass is 229 g/mol. The van der Waals surface area contributed by atoms with E-state index in [2.05, 4.69) is 20.6 Å². The van der Waals surface area contributed by atoms with Crippen LogP contribution in [-0.4, -0.2) is 33.7 Å². The summed E-state index contributed by atoms with van der Waals surface area (Å²) in [5.74, 6) is 5.91. The molecule has 0 saturated heterocycles. The zero-order valence-electron chi connectivity index (χ0n) is 6.88. The standard InChI is InChI=1S/C4H11N7.2ClH/c5-2-1-3-11(6)4-7-9-10-8-4;;/h1-3,5-6H2,(H,7,8,9,10);2*1H. The van der Waals surface area contributed by atoms with Gasteiger partial charge in [0.25, 0.3) is 5.95 Å². The Balaban J connectivity index is 0. The van der Waals surface area contributed by atoms with Crippen LogP contribution < -0.4 is 16.6 Å². The summed E-state index contributed by atoms with van der Waals surface area (Å²) in [6, 6.07) is 0. The Morgan fingerprint density at radius 2 is 2.08 bits per heavy atom. The second-order valence-corrected chi connectivity index (χ2v) is 2.05. The Hall–Kier alpha value is -0.630. The van der Waals surface area contributed by atoms with Crippen molar-refractivity contribution in [3.63, 3.8) is 0 Å². The van der Waals surface area contributed by atoms with Gasteiger partial charge in [-0.2, -0.15) is 5.21 Å². The first-order chi connectivity index (χ1) is 5.34. The fraction of sp³-hybridized carbons (Fsp3) is 0.750. The summed E-state index contributed by atoms with van der Waals surface area (Å²) < 4.78 is 0. The summed E-state index contributed by atoms with van der Waals surface area (Å²) in [6.45, 7) is 1.24. The number of rotatable bonds is 4. The van der Waals surface area contributed by atoms with Crippen molar-refractivity contribution in [2.45, 2.75) is 6.42 Å². The third-order valence-corrected chi connectivity index (χ3v) is 1.19. The van der Waals surface area contributed by atoms with E-state index in [-0.39, 0.29) is 24.8 Å². The molecule has 1 aromatic rings. The lowest BCUT2D eigenvalue weighted by atomic mass is 10.4. The van der Waals surface area contributed by atoms with Gasteiger partial charge in [0.15, 0.2) is 0 Å². The summed E-state index contributed by atoms with van der Waals surface area (Å²) in [5.41, 5.74) is 5.28. The van der Waals surface area contributed by atoms with E-state index in [0.29, 0.717) is 19.0 Å². The molecule has 0 fully saturated rings. The van der Waals surface area contributed by atoms with Crippen molar-refractivity contribution >= 4 is 30.8 Å². The van der Waals surface area contributed by atoms with Crippen LogP contribution in [0.5, 0.6) is 0 Å². The lowest BCUT2D eigenvalue weighted by Crippen LogP contribution is -2.33. The number of nitrogens with zero attached hydrogens (tertiary/aromatic N) is 4. The fourth-order valence-electron chi connectivity index (χ4n) is 0.640. The number of hydrazine groups is 1. The molecule has 0 radical (unpaired) electrons. The number of halogens is 2. The summed E-state index contributed by atoms with van der Waals surface area (Å²) in [6.07, 6.45) is 0.811. The predicted octanol–water partition coefficient (Wildman–Crippen LogP) is -0.928. The van der Waals surface area contributed by atoms with Gasteiger partial charge in [-0.05, 0) is 18.2 Å². The van der Waals surface area contributed by atoms with Crippen LogP contribution in [0.15, 0.2) is 0 Å². The van der Waals surface area contributed by atoms with E-state index in [4.69, 9.17) is 11.6 Å². The molecule has 0 aliphatic rings. The SMILES string of the molecule is Cl.Cl.NCCCN(N)c1nn[nH]n1. The van der Waals surface area contributed by atoms with E-state index in [0.717, 1.165) is 6.42 Å². The van der Waals surface area contributed by atoms with Gasteiger partial charge in [0.05, 0.1) is 0 Å². The highest BCUT2D eigenvalue weighted by Crippen LogP contribution is 1.96. The van der Waals surface area contributed by atoms with Crippen molar-refractivity contribution in [1.82, 2.24) is 20.6 Å². The van der Waals surface area contributed by atoms with Crippen LogP contribution in [0.4, 0.5) is 5.95 Å². The third-order valence-electron chi connectivity index (χ3n) is 1.19. The van der Waals surface area contributed by atoms with Gasteiger partial charge in [-0.15, -0.1) is 29.9 Å². The number of tetrazole rings is 1. The van der Waals surface area contributed by atoms with Crippen molar-refractivity contribution in [1.29, 1.82) is 0 Å². The minimum atomic E-state index is 0. The predicted molar refractivity (Wildman–Crippen MR) is 53.9 cm³/mol. The molecule has 1 heterocycles. The van der Waals surface area contributed by atoms with E-state index < -0.39 is 0 Å². The molecule has 0 saturated carbocycles. The Bertz CT molecular complexity index is 190. The van der Waals surface area contributed by atoms with Crippen LogP contribution in [-0.2, 0) is 0 Å². The van der Waals surface area contributed by atoms with E-state index in [1.807, 2.05) is 0 Å². The molecule has 7 nitrogen and oxygen atoms in total. The molecule has 1 rings (SSSR count). The molecule has 0 bridgehead atoms. The number of hydrogen-bond acceptors (Lipinski definition) is 6. The van der Waals surface area contributed by atoms with Gasteiger partial charge in [-0.25, -0.2) is 5.84 Å². The average Bonchev–Trinajstić information content (AvgIpc) is 2.52. The molecule has 0 spiro atoms. The normalized spacial score (nSPS) is 8.46. The number of hydrogen-bond donors (Lipinski definition) is 3. The molecule has 0 atom stereocenters. The maximum atomic E-state index is 5.52. The summed E-state index contributed by atoms with van der Waals surface area (Å²) in [5, 5.41) is 14.4. The first-order valence-electron chi connectivity index (χ1n) is 3.30. The van der Waals surface area contributed by atoms with Crippen LogP contribution in [0, 0.1) is 0 Å². The van der Waals surface area contributed by atoms with Crippen molar-refractivity contribution in [3.8, 4) is 0 Å². The van der Waals surface area contributed by atoms with E-state index in [9.17, 15) is 0 Å². The number of aromatic amines is 1. The van der Waals surface area contributed by atoms with Gasteiger partial charge in [-0.1, -0.05) is 5.10 Å². The summed E-state index contributed by atoms with van der Waals surface area (Å²) >= 11 is 0. The lowest BCUT2D eigenvalue weighted by molar-refractivity contribution is 0.741. The Morgan fingerprint density at radius 1 is 1.38 bits per heavy atom. The minimum Gasteiger partial charge on any atom is -0.330 e. The molecular formula is C4H13Cl2N7. The van der Waals surface area contributed by atoms with Crippen molar-refractivity contribution in [2.24, 2.45) is 11.6 Å². The molecule has 0 amide bonds. The highest BCUT2D eigenvalue weighted by atomic mass is 35.5. The third kappa shape index (κ3) is 4.83. The Labute approximate surface area is 88.0 Å². The van der Waals surface area contributed by atoms with Crippen LogP contribution in [0.25, 0.3) is 0 Å². The first-order valence-corrected chi connectivity index (χ1v) is 3.30. The summed E-state index contributed by atoms with van der Waals surface area (Å²) in [4.78, 5) is 0. The molecule has 1 aromatic heterocycles. The van der Waals surface area contributed by atoms with Gasteiger partial charge in [0.1, 0.15) is 0 Å². The smallest absolute Gasteiger partial charge is 0.279 e. The van der Waals surface area contributed by atoms with Gasteiger partial charge in [-0.3, -0.25) is 5.01 Å². The molecule has 0 aliphatic carbocycles. The van der Waals surface area contributed by atoms with Crippen LogP contribution >= 0.6 is 24.8 Å². The van der Waals surface area contributed by atoms with Crippen molar-refractivity contribution < 1.29 is 0 Å². The molecule has 0 aliphatic heterocycles. The van der Waals surface area contributed by atoms with Crippen molar-refractivity contribution in [2.75, 3.05) is 18.1 Å². The maximum absolute atomic E-state index is 5.52. The zero-order valence-corrected chi connectivity index (χ0v) is 8.51.